The van der Waals surface area contributed by atoms with Crippen molar-refractivity contribution in [3.8, 4) is 0 Å². The molecule has 2 N–H and O–H groups in total. The summed E-state index contributed by atoms with van der Waals surface area (Å²) in [6.45, 7) is 4.96. The van der Waals surface area contributed by atoms with E-state index in [0.29, 0.717) is 0 Å². The number of amides is 3. The van der Waals surface area contributed by atoms with Crippen LogP contribution in [0.25, 0.3) is 0 Å². The molecule has 2 aliphatic rings. The first kappa shape index (κ1) is 21.8. The van der Waals surface area contributed by atoms with Crippen LogP contribution in [0.3, 0.4) is 0 Å². The number of carboxylic acid groups (broad SMARTS) is 1. The van der Waals surface area contributed by atoms with E-state index in [1.54, 1.807) is 13.8 Å². The van der Waals surface area contributed by atoms with Gasteiger partial charge in [-0.1, -0.05) is 0 Å². The zero-order valence-electron chi connectivity index (χ0n) is 15.1. The first-order valence-corrected chi connectivity index (χ1v) is 10.1. The summed E-state index contributed by atoms with van der Waals surface area (Å²) in [6.07, 6.45) is 0.153. The quantitative estimate of drug-likeness (QED) is 0.457. The van der Waals surface area contributed by atoms with Gasteiger partial charge in [0.2, 0.25) is 11.8 Å². The number of β-lactam (4-membered cyclic amide) rings is 1. The van der Waals surface area contributed by atoms with Crippen LogP contribution >= 0.6 is 35.0 Å². The van der Waals surface area contributed by atoms with Gasteiger partial charge in [-0.25, -0.2) is 4.79 Å². The number of hydrogen-bond acceptors (Lipinski definition) is 5. The summed E-state index contributed by atoms with van der Waals surface area (Å²) < 4.78 is 0. The van der Waals surface area contributed by atoms with Gasteiger partial charge in [-0.15, -0.1) is 35.0 Å². The molecular formula is C16H21Cl2N3O5S. The van der Waals surface area contributed by atoms with Crippen LogP contribution in [0, 0.1) is 0 Å². The van der Waals surface area contributed by atoms with Crippen LogP contribution in [-0.2, 0) is 19.2 Å². The van der Waals surface area contributed by atoms with Crippen molar-refractivity contribution in [2.75, 3.05) is 13.1 Å². The Hall–Kier alpha value is -1.45. The number of hydrogen-bond donors (Lipinski definition) is 2. The molecule has 1 fully saturated rings. The van der Waals surface area contributed by atoms with Crippen LogP contribution < -0.4 is 5.32 Å². The molecule has 2 rings (SSSR count). The monoisotopic (exact) mass is 437 g/mol. The molecule has 2 heterocycles. The third-order valence-electron chi connectivity index (χ3n) is 3.96. The van der Waals surface area contributed by atoms with Crippen molar-refractivity contribution < 1.29 is 24.3 Å². The number of nitrogens with zero attached hydrogens (tertiary/aromatic N) is 2. The highest BCUT2D eigenvalue weighted by molar-refractivity contribution is 8.00. The zero-order chi connectivity index (χ0) is 20.5. The van der Waals surface area contributed by atoms with E-state index in [4.69, 9.17) is 23.2 Å². The van der Waals surface area contributed by atoms with Gasteiger partial charge in [-0.2, -0.15) is 0 Å². The Kier molecular flexibility index (Phi) is 7.04. The van der Waals surface area contributed by atoms with E-state index in [0.717, 1.165) is 16.7 Å². The molecule has 0 bridgehead atoms. The molecule has 3 unspecified atom stereocenters. The molecule has 8 nitrogen and oxygen atoms in total. The van der Waals surface area contributed by atoms with Crippen molar-refractivity contribution in [1.82, 2.24) is 15.1 Å². The van der Waals surface area contributed by atoms with Crippen LogP contribution in [0.1, 0.15) is 27.2 Å². The Bertz CT molecular complexity index is 688. The van der Waals surface area contributed by atoms with Crippen LogP contribution in [-0.4, -0.2) is 73.2 Å². The second kappa shape index (κ2) is 8.70. The van der Waals surface area contributed by atoms with Gasteiger partial charge >= 0.3 is 5.97 Å². The molecule has 0 saturated carbocycles. The van der Waals surface area contributed by atoms with Gasteiger partial charge in [-0.3, -0.25) is 19.3 Å². The summed E-state index contributed by atoms with van der Waals surface area (Å²) >= 11 is 13.2. The lowest BCUT2D eigenvalue weighted by Gasteiger charge is -2.46. The van der Waals surface area contributed by atoms with E-state index < -0.39 is 45.0 Å². The zero-order valence-corrected chi connectivity index (χ0v) is 17.4. The van der Waals surface area contributed by atoms with E-state index >= 15 is 0 Å². The first-order chi connectivity index (χ1) is 12.5. The predicted molar refractivity (Wildman–Crippen MR) is 102 cm³/mol. The molecule has 2 aliphatic heterocycles. The summed E-state index contributed by atoms with van der Waals surface area (Å²) in [6, 6.07) is 0. The molecule has 0 spiro atoms. The normalized spacial score (nSPS) is 23.9. The standard InChI is InChI=1S/C16H21Cl2N3O5S/c1-7(17)5-20(6-8(2)18)15(24)12-13(16(25)26)21-10(23)4-11(21)27-14(12)19-9(3)22/h7-8,11,14H,4-6H2,1-3H3,(H,19,22)(H,25,26)/t7?,8?,11-,14?/m0/s1. The largest absolute Gasteiger partial charge is 0.477 e. The van der Waals surface area contributed by atoms with Crippen molar-refractivity contribution in [2.24, 2.45) is 0 Å². The van der Waals surface area contributed by atoms with Gasteiger partial charge in [0.1, 0.15) is 11.1 Å². The number of fused-ring (bicyclic) bond motifs is 1. The van der Waals surface area contributed by atoms with Crippen molar-refractivity contribution in [1.29, 1.82) is 0 Å². The molecular weight excluding hydrogens is 417 g/mol. The van der Waals surface area contributed by atoms with E-state index in [9.17, 15) is 24.3 Å². The van der Waals surface area contributed by atoms with Gasteiger partial charge in [-0.05, 0) is 13.8 Å². The minimum absolute atomic E-state index is 0.142. The van der Waals surface area contributed by atoms with Gasteiger partial charge < -0.3 is 15.3 Å². The molecule has 3 amide bonds. The van der Waals surface area contributed by atoms with E-state index in [2.05, 4.69) is 5.32 Å². The number of aliphatic carboxylic acids is 1. The van der Waals surface area contributed by atoms with Gasteiger partial charge in [0.05, 0.1) is 17.4 Å². The lowest BCUT2D eigenvalue weighted by atomic mass is 10.0. The summed E-state index contributed by atoms with van der Waals surface area (Å²) in [7, 11) is 0. The van der Waals surface area contributed by atoms with Gasteiger partial charge in [0, 0.05) is 30.8 Å². The van der Waals surface area contributed by atoms with Gasteiger partial charge in [0.25, 0.3) is 5.91 Å². The number of carboxylic acids is 1. The Labute approximate surface area is 171 Å². The topological polar surface area (TPSA) is 107 Å². The van der Waals surface area contributed by atoms with E-state index in [1.807, 2.05) is 0 Å². The summed E-state index contributed by atoms with van der Waals surface area (Å²) in [5.74, 6) is -2.80. The van der Waals surface area contributed by atoms with Crippen LogP contribution in [0.2, 0.25) is 0 Å². The second-order valence-electron chi connectivity index (χ2n) is 6.48. The highest BCUT2D eigenvalue weighted by atomic mass is 35.5. The lowest BCUT2D eigenvalue weighted by Crippen LogP contribution is -2.59. The van der Waals surface area contributed by atoms with E-state index in [1.165, 1.54) is 11.8 Å². The number of rotatable bonds is 7. The van der Waals surface area contributed by atoms with Crippen LogP contribution in [0.15, 0.2) is 11.3 Å². The highest BCUT2D eigenvalue weighted by Gasteiger charge is 2.51. The van der Waals surface area contributed by atoms with Crippen LogP contribution in [0.4, 0.5) is 0 Å². The van der Waals surface area contributed by atoms with Crippen molar-refractivity contribution in [3.05, 3.63) is 11.3 Å². The Morgan fingerprint density at radius 2 is 1.85 bits per heavy atom. The fourth-order valence-corrected chi connectivity index (χ4v) is 4.80. The predicted octanol–water partition coefficient (Wildman–Crippen LogP) is 1.18. The fraction of sp³-hybridized carbons (Fsp3) is 0.625. The number of alkyl halides is 2. The molecule has 0 aromatic rings. The highest BCUT2D eigenvalue weighted by Crippen LogP contribution is 2.43. The summed E-state index contributed by atoms with van der Waals surface area (Å²) in [5, 5.41) is 10.2. The third kappa shape index (κ3) is 4.89. The van der Waals surface area contributed by atoms with Crippen molar-refractivity contribution in [2.45, 2.75) is 48.7 Å². The summed E-state index contributed by atoms with van der Waals surface area (Å²) in [4.78, 5) is 51.2. The first-order valence-electron chi connectivity index (χ1n) is 8.32. The third-order valence-corrected chi connectivity index (χ3v) is 5.55. The van der Waals surface area contributed by atoms with Crippen molar-refractivity contribution in [3.63, 3.8) is 0 Å². The van der Waals surface area contributed by atoms with E-state index in [-0.39, 0.29) is 31.0 Å². The Balaban J connectivity index is 2.52. The smallest absolute Gasteiger partial charge is 0.353 e. The molecule has 0 radical (unpaired) electrons. The number of nitrogens with one attached hydrogen (secondary N) is 1. The maximum absolute atomic E-state index is 13.2. The number of thioether (sulfide) groups is 1. The molecule has 11 heteroatoms. The SMILES string of the molecule is CC(=O)NC1S[C@H]2CC(=O)N2C(C(=O)O)=C1C(=O)N(CC(C)Cl)CC(C)Cl. The van der Waals surface area contributed by atoms with Gasteiger partial charge in [0.15, 0.2) is 0 Å². The molecule has 0 aromatic heterocycles. The minimum Gasteiger partial charge on any atom is -0.477 e. The molecule has 27 heavy (non-hydrogen) atoms. The van der Waals surface area contributed by atoms with Crippen LogP contribution in [0.5, 0.6) is 0 Å². The minimum atomic E-state index is -1.40. The maximum atomic E-state index is 13.2. The molecule has 0 aliphatic carbocycles. The number of carbonyl (C=O) groups is 4. The molecule has 1 saturated heterocycles. The molecule has 0 aromatic carbocycles. The number of carbonyl (C=O) groups excluding carboxylic acids is 3. The van der Waals surface area contributed by atoms with Crippen molar-refractivity contribution >= 4 is 58.7 Å². The molecule has 150 valence electrons. The lowest BCUT2D eigenvalue weighted by molar-refractivity contribution is -0.146. The molecule has 4 atom stereocenters. The fourth-order valence-electron chi connectivity index (χ4n) is 2.98. The maximum Gasteiger partial charge on any atom is 0.353 e. The Morgan fingerprint density at radius 1 is 1.30 bits per heavy atom. The average Bonchev–Trinajstić information content (AvgIpc) is 2.50. The number of halogens is 2. The average molecular weight is 438 g/mol. The summed E-state index contributed by atoms with van der Waals surface area (Å²) in [5.41, 5.74) is -0.546. The second-order valence-corrected chi connectivity index (χ2v) is 9.26. The Morgan fingerprint density at radius 3 is 2.26 bits per heavy atom.